The summed E-state index contributed by atoms with van der Waals surface area (Å²) < 4.78 is 4.93. The quantitative estimate of drug-likeness (QED) is 0.644. The Balaban J connectivity index is 2.88. The second kappa shape index (κ2) is 6.10. The normalized spacial score (nSPS) is 13.6. The number of ether oxygens (including phenoxy) is 1. The van der Waals surface area contributed by atoms with Gasteiger partial charge >= 0.3 is 5.97 Å². The minimum Gasteiger partial charge on any atom is -0.481 e. The molecular weight excluding hydrogens is 252 g/mol. The molecule has 0 bridgehead atoms. The number of nitrogen functional groups attached to an aromatic ring is 1. The van der Waals surface area contributed by atoms with Crippen LogP contribution in [0.3, 0.4) is 0 Å². The number of rotatable bonds is 6. The van der Waals surface area contributed by atoms with E-state index in [1.807, 2.05) is 0 Å². The number of aromatic nitrogens is 2. The number of nitrogens with one attached hydrogen (secondary N) is 1. The molecule has 0 spiro atoms. The first-order chi connectivity index (χ1) is 8.88. The fraction of sp³-hybridized carbons (Fsp3) is 0.455. The van der Waals surface area contributed by atoms with Crippen LogP contribution < -0.4 is 11.1 Å². The van der Waals surface area contributed by atoms with Gasteiger partial charge in [0.25, 0.3) is 5.91 Å². The van der Waals surface area contributed by atoms with E-state index in [0.717, 1.165) is 0 Å². The molecular formula is C11H16N4O4. The number of carbonyl (C=O) groups is 2. The van der Waals surface area contributed by atoms with Crippen molar-refractivity contribution in [3.63, 3.8) is 0 Å². The maximum absolute atomic E-state index is 12.0. The standard InChI is InChI=1S/C11H16N4O4/c1-11(6-19-2,5-7(16)17)15-10(18)8-9(12)14-4-3-13-8/h3-4H,5-6H2,1-2H3,(H2,12,14)(H,15,18)(H,16,17). The van der Waals surface area contributed by atoms with Crippen LogP contribution in [0, 0.1) is 0 Å². The predicted octanol–water partition coefficient (Wildman–Crippen LogP) is -0.332. The van der Waals surface area contributed by atoms with E-state index in [-0.39, 0.29) is 24.5 Å². The third kappa shape index (κ3) is 4.18. The Morgan fingerprint density at radius 1 is 1.47 bits per heavy atom. The number of nitrogens with zero attached hydrogens (tertiary/aromatic N) is 2. The number of carbonyl (C=O) groups excluding carboxylic acids is 1. The summed E-state index contributed by atoms with van der Waals surface area (Å²) in [5.41, 5.74) is 4.43. The first-order valence-corrected chi connectivity index (χ1v) is 5.48. The van der Waals surface area contributed by atoms with Crippen LogP contribution in [0.15, 0.2) is 12.4 Å². The van der Waals surface area contributed by atoms with E-state index < -0.39 is 17.4 Å². The van der Waals surface area contributed by atoms with Crippen molar-refractivity contribution in [1.29, 1.82) is 0 Å². The Morgan fingerprint density at radius 2 is 2.11 bits per heavy atom. The van der Waals surface area contributed by atoms with Gasteiger partial charge in [-0.25, -0.2) is 9.97 Å². The van der Waals surface area contributed by atoms with Crippen molar-refractivity contribution in [1.82, 2.24) is 15.3 Å². The number of hydrogen-bond acceptors (Lipinski definition) is 6. The van der Waals surface area contributed by atoms with Crippen LogP contribution in [0.5, 0.6) is 0 Å². The van der Waals surface area contributed by atoms with Crippen molar-refractivity contribution in [2.24, 2.45) is 0 Å². The summed E-state index contributed by atoms with van der Waals surface area (Å²) in [7, 11) is 1.42. The lowest BCUT2D eigenvalue weighted by molar-refractivity contribution is -0.139. The SMILES string of the molecule is COCC(C)(CC(=O)O)NC(=O)c1nccnc1N. The molecule has 1 atom stereocenters. The van der Waals surface area contributed by atoms with Crippen molar-refractivity contribution in [2.75, 3.05) is 19.5 Å². The number of amides is 1. The molecule has 1 amide bonds. The van der Waals surface area contributed by atoms with Crippen LogP contribution in [0.25, 0.3) is 0 Å². The summed E-state index contributed by atoms with van der Waals surface area (Å²) in [6.45, 7) is 1.61. The first kappa shape index (κ1) is 14.8. The van der Waals surface area contributed by atoms with Crippen molar-refractivity contribution in [3.05, 3.63) is 18.1 Å². The Morgan fingerprint density at radius 3 is 2.63 bits per heavy atom. The summed E-state index contributed by atoms with van der Waals surface area (Å²) in [6, 6.07) is 0. The molecule has 0 fully saturated rings. The van der Waals surface area contributed by atoms with Crippen LogP contribution in [0.2, 0.25) is 0 Å². The lowest BCUT2D eigenvalue weighted by Crippen LogP contribution is -2.51. The zero-order valence-corrected chi connectivity index (χ0v) is 10.7. The molecule has 1 rings (SSSR count). The molecule has 104 valence electrons. The highest BCUT2D eigenvalue weighted by atomic mass is 16.5. The van der Waals surface area contributed by atoms with Gasteiger partial charge < -0.3 is 20.9 Å². The molecule has 4 N–H and O–H groups in total. The van der Waals surface area contributed by atoms with Gasteiger partial charge in [-0.2, -0.15) is 0 Å². The highest BCUT2D eigenvalue weighted by Crippen LogP contribution is 2.13. The third-order valence-electron chi connectivity index (χ3n) is 2.36. The number of aliphatic carboxylic acids is 1. The Hall–Kier alpha value is -2.22. The largest absolute Gasteiger partial charge is 0.481 e. The van der Waals surface area contributed by atoms with Gasteiger partial charge in [0.15, 0.2) is 11.5 Å². The summed E-state index contributed by atoms with van der Waals surface area (Å²) in [5, 5.41) is 11.4. The zero-order chi connectivity index (χ0) is 14.5. The number of nitrogens with two attached hydrogens (primary N) is 1. The molecule has 1 unspecified atom stereocenters. The Labute approximate surface area is 110 Å². The monoisotopic (exact) mass is 268 g/mol. The highest BCUT2D eigenvalue weighted by molar-refractivity contribution is 5.96. The number of carboxylic acids is 1. The van der Waals surface area contributed by atoms with Gasteiger partial charge in [-0.3, -0.25) is 9.59 Å². The Kier molecular flexibility index (Phi) is 4.76. The molecule has 1 aromatic heterocycles. The molecule has 0 aliphatic carbocycles. The lowest BCUT2D eigenvalue weighted by atomic mass is 9.98. The second-order valence-electron chi connectivity index (χ2n) is 4.31. The average Bonchev–Trinajstić information content (AvgIpc) is 2.27. The van der Waals surface area contributed by atoms with Gasteiger partial charge in [-0.1, -0.05) is 0 Å². The summed E-state index contributed by atoms with van der Waals surface area (Å²) in [4.78, 5) is 30.4. The van der Waals surface area contributed by atoms with E-state index in [0.29, 0.717) is 0 Å². The van der Waals surface area contributed by atoms with Gasteiger partial charge in [-0.15, -0.1) is 0 Å². The van der Waals surface area contributed by atoms with Gasteiger partial charge in [-0.05, 0) is 6.92 Å². The molecule has 19 heavy (non-hydrogen) atoms. The average molecular weight is 268 g/mol. The molecule has 0 saturated carbocycles. The van der Waals surface area contributed by atoms with Crippen molar-refractivity contribution in [2.45, 2.75) is 18.9 Å². The van der Waals surface area contributed by atoms with Gasteiger partial charge in [0.05, 0.1) is 18.6 Å². The molecule has 0 radical (unpaired) electrons. The van der Waals surface area contributed by atoms with E-state index in [1.165, 1.54) is 19.5 Å². The Bertz CT molecular complexity index is 480. The number of anilines is 1. The molecule has 0 saturated heterocycles. The van der Waals surface area contributed by atoms with Crippen LogP contribution >= 0.6 is 0 Å². The minimum atomic E-state index is -1.05. The molecule has 0 aliphatic heterocycles. The van der Waals surface area contributed by atoms with Crippen LogP contribution in [0.1, 0.15) is 23.8 Å². The third-order valence-corrected chi connectivity index (χ3v) is 2.36. The molecule has 0 aliphatic rings. The number of hydrogen-bond donors (Lipinski definition) is 3. The maximum atomic E-state index is 12.0. The van der Waals surface area contributed by atoms with Crippen molar-refractivity contribution < 1.29 is 19.4 Å². The maximum Gasteiger partial charge on any atom is 0.305 e. The van der Waals surface area contributed by atoms with Gasteiger partial charge in [0.2, 0.25) is 0 Å². The minimum absolute atomic E-state index is 0.0184. The smallest absolute Gasteiger partial charge is 0.305 e. The lowest BCUT2D eigenvalue weighted by Gasteiger charge is -2.28. The topological polar surface area (TPSA) is 127 Å². The molecule has 1 heterocycles. The molecule has 0 aromatic carbocycles. The first-order valence-electron chi connectivity index (χ1n) is 5.48. The van der Waals surface area contributed by atoms with Crippen molar-refractivity contribution >= 4 is 17.7 Å². The van der Waals surface area contributed by atoms with E-state index in [9.17, 15) is 9.59 Å². The summed E-state index contributed by atoms with van der Waals surface area (Å²) in [6.07, 6.45) is 2.40. The highest BCUT2D eigenvalue weighted by Gasteiger charge is 2.31. The van der Waals surface area contributed by atoms with E-state index in [2.05, 4.69) is 15.3 Å². The number of methoxy groups -OCH3 is 1. The second-order valence-corrected chi connectivity index (χ2v) is 4.31. The fourth-order valence-corrected chi connectivity index (χ4v) is 1.64. The summed E-state index contributed by atoms with van der Waals surface area (Å²) >= 11 is 0. The zero-order valence-electron chi connectivity index (χ0n) is 10.7. The van der Waals surface area contributed by atoms with E-state index >= 15 is 0 Å². The van der Waals surface area contributed by atoms with Gasteiger partial charge in [0, 0.05) is 19.5 Å². The van der Waals surface area contributed by atoms with Crippen LogP contribution in [-0.4, -0.2) is 46.2 Å². The molecule has 1 aromatic rings. The fourth-order valence-electron chi connectivity index (χ4n) is 1.64. The predicted molar refractivity (Wildman–Crippen MR) is 66.4 cm³/mol. The van der Waals surface area contributed by atoms with Crippen molar-refractivity contribution in [3.8, 4) is 0 Å². The number of carboxylic acid groups (broad SMARTS) is 1. The summed E-state index contributed by atoms with van der Waals surface area (Å²) in [5.74, 6) is -1.66. The van der Waals surface area contributed by atoms with Crippen LogP contribution in [-0.2, 0) is 9.53 Å². The molecule has 8 nitrogen and oxygen atoms in total. The van der Waals surface area contributed by atoms with E-state index in [1.54, 1.807) is 6.92 Å². The van der Waals surface area contributed by atoms with Gasteiger partial charge in [0.1, 0.15) is 0 Å². The van der Waals surface area contributed by atoms with Crippen LogP contribution in [0.4, 0.5) is 5.82 Å². The van der Waals surface area contributed by atoms with E-state index in [4.69, 9.17) is 15.6 Å². The molecule has 8 heteroatoms.